The first-order valence-corrected chi connectivity index (χ1v) is 9.46. The summed E-state index contributed by atoms with van der Waals surface area (Å²) in [7, 11) is -2.39. The molecule has 2 atom stereocenters. The Hall–Kier alpha value is -1.83. The lowest BCUT2D eigenvalue weighted by Gasteiger charge is -2.09. The summed E-state index contributed by atoms with van der Waals surface area (Å²) in [6.07, 6.45) is 1.83. The highest BCUT2D eigenvalue weighted by molar-refractivity contribution is 7.73. The van der Waals surface area contributed by atoms with Gasteiger partial charge in [0.25, 0.3) is 0 Å². The standard InChI is InChI=1S/C16H12ClNO4S2/c1-8-2-3-9(6-10(8)16-18-4-5-23-16)14(19)13(17)15(20)11-7-12(11)24(21)22/h2-6,11,13H,7H2,1H3. The van der Waals surface area contributed by atoms with Crippen molar-refractivity contribution in [2.75, 3.05) is 0 Å². The van der Waals surface area contributed by atoms with Crippen LogP contribution in [0.1, 0.15) is 22.3 Å². The quantitative estimate of drug-likeness (QED) is 0.344. The van der Waals surface area contributed by atoms with Gasteiger partial charge in [-0.05, 0) is 25.0 Å². The van der Waals surface area contributed by atoms with Crippen LogP contribution in [0.5, 0.6) is 0 Å². The van der Waals surface area contributed by atoms with Gasteiger partial charge in [-0.3, -0.25) is 9.59 Å². The van der Waals surface area contributed by atoms with Crippen LogP contribution >= 0.6 is 22.9 Å². The zero-order valence-corrected chi connectivity index (χ0v) is 14.9. The molecule has 0 saturated heterocycles. The molecule has 0 aliphatic heterocycles. The zero-order valence-electron chi connectivity index (χ0n) is 12.5. The summed E-state index contributed by atoms with van der Waals surface area (Å²) in [5.74, 6) is -1.83. The second-order valence-corrected chi connectivity index (χ2v) is 7.78. The Kier molecular flexibility index (Phi) is 4.67. The maximum Gasteiger partial charge on any atom is 0.213 e. The number of hydrogen-bond donors (Lipinski definition) is 0. The first-order chi connectivity index (χ1) is 11.4. The molecular weight excluding hydrogens is 370 g/mol. The van der Waals surface area contributed by atoms with Crippen molar-refractivity contribution in [3.05, 3.63) is 40.9 Å². The summed E-state index contributed by atoms with van der Waals surface area (Å²) in [6, 6.07) is 5.06. The van der Waals surface area contributed by atoms with Gasteiger partial charge >= 0.3 is 0 Å². The van der Waals surface area contributed by atoms with Gasteiger partial charge < -0.3 is 0 Å². The average molecular weight is 382 g/mol. The third-order valence-corrected chi connectivity index (χ3v) is 5.96. The van der Waals surface area contributed by atoms with Gasteiger partial charge in [-0.2, -0.15) is 8.42 Å². The first-order valence-electron chi connectivity index (χ1n) is 7.07. The van der Waals surface area contributed by atoms with Gasteiger partial charge in [-0.25, -0.2) is 4.98 Å². The van der Waals surface area contributed by atoms with Crippen LogP contribution in [-0.2, 0) is 15.1 Å². The predicted octanol–water partition coefficient (Wildman–Crippen LogP) is 2.55. The molecule has 8 heteroatoms. The van der Waals surface area contributed by atoms with E-state index < -0.39 is 33.2 Å². The van der Waals surface area contributed by atoms with Crippen LogP contribution in [0, 0.1) is 12.8 Å². The second-order valence-electron chi connectivity index (χ2n) is 5.45. The first kappa shape index (κ1) is 17.0. The van der Waals surface area contributed by atoms with Crippen LogP contribution in [0.2, 0.25) is 0 Å². The Balaban J connectivity index is 1.87. The molecule has 0 bridgehead atoms. The van der Waals surface area contributed by atoms with E-state index in [0.29, 0.717) is 5.56 Å². The number of halogens is 1. The predicted molar refractivity (Wildman–Crippen MR) is 93.3 cm³/mol. The van der Waals surface area contributed by atoms with Crippen molar-refractivity contribution >= 4 is 49.7 Å². The molecule has 2 unspecified atom stereocenters. The molecule has 0 amide bonds. The number of alkyl halides is 1. The zero-order chi connectivity index (χ0) is 17.4. The molecule has 1 aromatic heterocycles. The smallest absolute Gasteiger partial charge is 0.213 e. The summed E-state index contributed by atoms with van der Waals surface area (Å²) in [5, 5.41) is 1.23. The lowest BCUT2D eigenvalue weighted by molar-refractivity contribution is -0.118. The lowest BCUT2D eigenvalue weighted by Crippen LogP contribution is -2.27. The average Bonchev–Trinajstić information content (AvgIpc) is 3.20. The van der Waals surface area contributed by atoms with Crippen LogP contribution in [0.3, 0.4) is 0 Å². The molecule has 1 saturated carbocycles. The number of carbonyl (C=O) groups is 2. The molecule has 124 valence electrons. The van der Waals surface area contributed by atoms with Crippen molar-refractivity contribution in [3.63, 3.8) is 0 Å². The largest absolute Gasteiger partial charge is 0.297 e. The molecule has 1 aliphatic carbocycles. The van der Waals surface area contributed by atoms with Crippen LogP contribution in [0.25, 0.3) is 10.6 Å². The molecule has 1 heterocycles. The van der Waals surface area contributed by atoms with Crippen molar-refractivity contribution < 1.29 is 18.0 Å². The van der Waals surface area contributed by atoms with Gasteiger partial charge in [-0.15, -0.1) is 22.9 Å². The summed E-state index contributed by atoms with van der Waals surface area (Å²) < 4.78 is 21.7. The minimum absolute atomic E-state index is 0.117. The normalized spacial score (nSPS) is 17.4. The minimum atomic E-state index is -2.39. The Morgan fingerprint density at radius 3 is 2.71 bits per heavy atom. The second kappa shape index (κ2) is 6.58. The van der Waals surface area contributed by atoms with Gasteiger partial charge in [0.1, 0.15) is 5.01 Å². The van der Waals surface area contributed by atoms with Crippen molar-refractivity contribution in [3.8, 4) is 10.6 Å². The molecule has 0 radical (unpaired) electrons. The van der Waals surface area contributed by atoms with Crippen molar-refractivity contribution in [1.82, 2.24) is 4.98 Å². The third-order valence-electron chi connectivity index (χ3n) is 3.86. The van der Waals surface area contributed by atoms with E-state index >= 15 is 0 Å². The Bertz CT molecular complexity index is 956. The number of nitrogens with zero attached hydrogens (tertiary/aromatic N) is 1. The number of aromatic nitrogens is 1. The highest BCUT2D eigenvalue weighted by Crippen LogP contribution is 2.31. The summed E-state index contributed by atoms with van der Waals surface area (Å²) >= 11 is 7.46. The molecule has 2 aromatic rings. The molecule has 1 fully saturated rings. The number of hydrogen-bond acceptors (Lipinski definition) is 6. The van der Waals surface area contributed by atoms with E-state index in [2.05, 4.69) is 4.98 Å². The molecule has 24 heavy (non-hydrogen) atoms. The van der Waals surface area contributed by atoms with Crippen molar-refractivity contribution in [2.24, 2.45) is 5.92 Å². The van der Waals surface area contributed by atoms with Gasteiger partial charge in [0.05, 0.1) is 10.8 Å². The molecule has 1 aromatic carbocycles. The number of aryl methyl sites for hydroxylation is 1. The maximum absolute atomic E-state index is 12.5. The maximum atomic E-state index is 12.5. The fraction of sp³-hybridized carbons (Fsp3) is 0.250. The lowest BCUT2D eigenvalue weighted by atomic mass is 9.99. The number of carbonyl (C=O) groups excluding carboxylic acids is 2. The monoisotopic (exact) mass is 381 g/mol. The van der Waals surface area contributed by atoms with E-state index in [1.54, 1.807) is 24.4 Å². The van der Waals surface area contributed by atoms with Crippen molar-refractivity contribution in [1.29, 1.82) is 0 Å². The summed E-state index contributed by atoms with van der Waals surface area (Å²) in [4.78, 5) is 29.0. The molecule has 5 nitrogen and oxygen atoms in total. The van der Waals surface area contributed by atoms with Crippen LogP contribution in [-0.4, -0.2) is 35.2 Å². The van der Waals surface area contributed by atoms with Crippen molar-refractivity contribution in [2.45, 2.75) is 18.7 Å². The summed E-state index contributed by atoms with van der Waals surface area (Å²) in [6.45, 7) is 1.91. The van der Waals surface area contributed by atoms with E-state index in [0.717, 1.165) is 16.1 Å². The van der Waals surface area contributed by atoms with Crippen LogP contribution < -0.4 is 0 Å². The Morgan fingerprint density at radius 1 is 1.38 bits per heavy atom. The topological polar surface area (TPSA) is 81.2 Å². The number of rotatable bonds is 5. The SMILES string of the molecule is Cc1ccc(C(=O)C(Cl)C(=O)C2CC2=S(=O)=O)cc1-c1nccs1. The third kappa shape index (κ3) is 3.19. The molecule has 0 spiro atoms. The highest BCUT2D eigenvalue weighted by Gasteiger charge is 2.44. The summed E-state index contributed by atoms with van der Waals surface area (Å²) in [5.41, 5.74) is 2.08. The van der Waals surface area contributed by atoms with E-state index in [9.17, 15) is 18.0 Å². The number of Topliss-reactive ketones (excluding diaryl/α,β-unsaturated/α-hetero) is 2. The van der Waals surface area contributed by atoms with Crippen LogP contribution in [0.4, 0.5) is 0 Å². The number of ketones is 2. The van der Waals surface area contributed by atoms with E-state index in [1.165, 1.54) is 11.3 Å². The highest BCUT2D eigenvalue weighted by atomic mass is 35.5. The van der Waals surface area contributed by atoms with Gasteiger partial charge in [0, 0.05) is 22.7 Å². The molecule has 0 N–H and O–H groups in total. The molecule has 3 rings (SSSR count). The van der Waals surface area contributed by atoms with Gasteiger partial charge in [0.15, 0.2) is 16.9 Å². The molecule has 1 aliphatic rings. The van der Waals surface area contributed by atoms with Gasteiger partial charge in [-0.1, -0.05) is 12.1 Å². The Morgan fingerprint density at radius 2 is 2.12 bits per heavy atom. The number of benzene rings is 1. The Labute approximate surface area is 148 Å². The van der Waals surface area contributed by atoms with E-state index in [-0.39, 0.29) is 11.3 Å². The van der Waals surface area contributed by atoms with Gasteiger partial charge in [0.2, 0.25) is 10.3 Å². The molecular formula is C16H12ClNO4S2. The fourth-order valence-electron chi connectivity index (χ4n) is 2.40. The van der Waals surface area contributed by atoms with Crippen LogP contribution in [0.15, 0.2) is 29.8 Å². The fourth-order valence-corrected chi connectivity index (χ4v) is 4.05. The number of thiazole rings is 1. The minimum Gasteiger partial charge on any atom is -0.297 e. The van der Waals surface area contributed by atoms with E-state index in [4.69, 9.17) is 11.6 Å². The van der Waals surface area contributed by atoms with E-state index in [1.807, 2.05) is 12.3 Å².